The maximum absolute atomic E-state index is 12.3. The van der Waals surface area contributed by atoms with Crippen molar-refractivity contribution < 1.29 is 22.7 Å². The van der Waals surface area contributed by atoms with Crippen LogP contribution in [0.2, 0.25) is 0 Å². The van der Waals surface area contributed by atoms with E-state index < -0.39 is 33.7 Å². The first-order valence-corrected chi connectivity index (χ1v) is 11.8. The third-order valence-corrected chi connectivity index (χ3v) is 6.57. The van der Waals surface area contributed by atoms with Gasteiger partial charge in [-0.15, -0.1) is 0 Å². The fourth-order valence-electron chi connectivity index (χ4n) is 2.48. The van der Waals surface area contributed by atoms with Gasteiger partial charge in [-0.3, -0.25) is 4.79 Å². The summed E-state index contributed by atoms with van der Waals surface area (Å²) in [6, 6.07) is -0.709. The van der Waals surface area contributed by atoms with Crippen LogP contribution in [0.1, 0.15) is 68.7 Å². The highest BCUT2D eigenvalue weighted by atomic mass is 32.2. The standard InChI is InChI=1S/C20H42N2O5S/c1-11-14(2)17(21)18(23)26-13-16(27-15(3)19(4,5)6)12-22(20(7,8)9)28(10,24)25/h14-17H,11-13,21H2,1-10H3/t14-,15-,16-,17?/m0/s1. The maximum Gasteiger partial charge on any atom is 0.323 e. The number of nitrogens with two attached hydrogens (primary N) is 1. The minimum atomic E-state index is -3.47. The van der Waals surface area contributed by atoms with Gasteiger partial charge in [-0.25, -0.2) is 8.42 Å². The summed E-state index contributed by atoms with van der Waals surface area (Å²) >= 11 is 0. The fourth-order valence-corrected chi connectivity index (χ4v) is 3.91. The molecule has 0 aliphatic carbocycles. The molecule has 0 radical (unpaired) electrons. The summed E-state index contributed by atoms with van der Waals surface area (Å²) in [5.41, 5.74) is 5.17. The zero-order chi connectivity index (χ0) is 22.5. The van der Waals surface area contributed by atoms with Crippen molar-refractivity contribution >= 4 is 16.0 Å². The van der Waals surface area contributed by atoms with Gasteiger partial charge in [-0.05, 0) is 39.0 Å². The molecular weight excluding hydrogens is 380 g/mol. The molecular formula is C20H42N2O5S. The van der Waals surface area contributed by atoms with Gasteiger partial charge in [-0.2, -0.15) is 4.31 Å². The van der Waals surface area contributed by atoms with E-state index in [1.54, 1.807) is 0 Å². The van der Waals surface area contributed by atoms with Crippen LogP contribution in [0.5, 0.6) is 0 Å². The Morgan fingerprint density at radius 1 is 1.11 bits per heavy atom. The van der Waals surface area contributed by atoms with Crippen molar-refractivity contribution in [2.75, 3.05) is 19.4 Å². The second-order valence-electron chi connectivity index (χ2n) is 9.77. The van der Waals surface area contributed by atoms with Crippen LogP contribution in [-0.4, -0.2) is 61.9 Å². The molecule has 0 rings (SSSR count). The van der Waals surface area contributed by atoms with Gasteiger partial charge in [0.1, 0.15) is 18.8 Å². The lowest BCUT2D eigenvalue weighted by atomic mass is 9.90. The number of carbonyl (C=O) groups excluding carboxylic acids is 1. The molecule has 0 spiro atoms. The quantitative estimate of drug-likeness (QED) is 0.544. The van der Waals surface area contributed by atoms with Crippen LogP contribution in [0, 0.1) is 11.3 Å². The summed E-state index contributed by atoms with van der Waals surface area (Å²) in [4.78, 5) is 12.3. The summed E-state index contributed by atoms with van der Waals surface area (Å²) in [6.45, 7) is 17.4. The molecule has 1 unspecified atom stereocenters. The predicted octanol–water partition coefficient (Wildman–Crippen LogP) is 2.78. The van der Waals surface area contributed by atoms with E-state index >= 15 is 0 Å². The Morgan fingerprint density at radius 3 is 1.96 bits per heavy atom. The molecule has 0 aromatic rings. The predicted molar refractivity (Wildman–Crippen MR) is 113 cm³/mol. The molecule has 0 aromatic carbocycles. The minimum Gasteiger partial charge on any atom is -0.462 e. The summed E-state index contributed by atoms with van der Waals surface area (Å²) in [7, 11) is -3.47. The first-order valence-electron chi connectivity index (χ1n) is 9.96. The van der Waals surface area contributed by atoms with Crippen LogP contribution >= 0.6 is 0 Å². The highest BCUT2D eigenvalue weighted by Gasteiger charge is 2.35. The average molecular weight is 423 g/mol. The number of hydrogen-bond acceptors (Lipinski definition) is 6. The van der Waals surface area contributed by atoms with Gasteiger partial charge in [-0.1, -0.05) is 41.0 Å². The molecule has 0 saturated carbocycles. The zero-order valence-electron chi connectivity index (χ0n) is 19.4. The highest BCUT2D eigenvalue weighted by molar-refractivity contribution is 7.88. The first kappa shape index (κ1) is 27.3. The molecule has 0 amide bonds. The van der Waals surface area contributed by atoms with E-state index in [9.17, 15) is 13.2 Å². The number of rotatable bonds is 10. The van der Waals surface area contributed by atoms with E-state index in [0.29, 0.717) is 0 Å². The summed E-state index contributed by atoms with van der Waals surface area (Å²) in [5, 5.41) is 0. The molecule has 0 aliphatic rings. The monoisotopic (exact) mass is 422 g/mol. The van der Waals surface area contributed by atoms with Crippen molar-refractivity contribution in [2.24, 2.45) is 17.1 Å². The van der Waals surface area contributed by atoms with Crippen molar-refractivity contribution in [1.82, 2.24) is 4.31 Å². The van der Waals surface area contributed by atoms with Crippen LogP contribution < -0.4 is 5.73 Å². The molecule has 4 atom stereocenters. The van der Waals surface area contributed by atoms with E-state index in [2.05, 4.69) is 0 Å². The number of sulfonamides is 1. The third kappa shape index (κ3) is 9.20. The number of nitrogens with zero attached hydrogens (tertiary/aromatic N) is 1. The fraction of sp³-hybridized carbons (Fsp3) is 0.950. The topological polar surface area (TPSA) is 98.9 Å². The Hall–Kier alpha value is -0.700. The Labute approximate surface area is 172 Å². The van der Waals surface area contributed by atoms with Gasteiger partial charge < -0.3 is 15.2 Å². The third-order valence-electron chi connectivity index (χ3n) is 5.07. The number of hydrogen-bond donors (Lipinski definition) is 1. The molecule has 2 N–H and O–H groups in total. The Balaban J connectivity index is 5.44. The lowest BCUT2D eigenvalue weighted by Crippen LogP contribution is -2.51. The molecule has 0 bridgehead atoms. The molecule has 0 fully saturated rings. The molecule has 8 heteroatoms. The van der Waals surface area contributed by atoms with E-state index in [4.69, 9.17) is 15.2 Å². The van der Waals surface area contributed by atoms with E-state index in [-0.39, 0.29) is 30.6 Å². The van der Waals surface area contributed by atoms with Crippen molar-refractivity contribution in [1.29, 1.82) is 0 Å². The summed E-state index contributed by atoms with van der Waals surface area (Å²) in [6.07, 6.45) is 1.17. The number of esters is 1. The molecule has 0 aromatic heterocycles. The second-order valence-corrected chi connectivity index (χ2v) is 11.7. The second kappa shape index (κ2) is 10.4. The smallest absolute Gasteiger partial charge is 0.323 e. The van der Waals surface area contributed by atoms with E-state index in [1.165, 1.54) is 10.6 Å². The summed E-state index contributed by atoms with van der Waals surface area (Å²) in [5.74, 6) is -0.490. The Kier molecular flexibility index (Phi) is 10.1. The van der Waals surface area contributed by atoms with Gasteiger partial charge in [0.25, 0.3) is 0 Å². The highest BCUT2D eigenvalue weighted by Crippen LogP contribution is 2.25. The van der Waals surface area contributed by atoms with Crippen LogP contribution in [0.25, 0.3) is 0 Å². The molecule has 28 heavy (non-hydrogen) atoms. The summed E-state index contributed by atoms with van der Waals surface area (Å²) < 4.78 is 37.6. The largest absolute Gasteiger partial charge is 0.462 e. The zero-order valence-corrected chi connectivity index (χ0v) is 20.2. The number of carbonyl (C=O) groups is 1. The lowest BCUT2D eigenvalue weighted by Gasteiger charge is -2.38. The number of ether oxygens (including phenoxy) is 2. The minimum absolute atomic E-state index is 0.00228. The average Bonchev–Trinajstić information content (AvgIpc) is 2.51. The molecule has 168 valence electrons. The normalized spacial score (nSPS) is 17.9. The molecule has 7 nitrogen and oxygen atoms in total. The Morgan fingerprint density at radius 2 is 1.61 bits per heavy atom. The lowest BCUT2D eigenvalue weighted by molar-refractivity contribution is -0.155. The molecule has 0 heterocycles. The first-order chi connectivity index (χ1) is 12.4. The van der Waals surface area contributed by atoms with E-state index in [1.807, 2.05) is 62.3 Å². The SMILES string of the molecule is CC[C@H](C)C(N)C(=O)OC[C@H](CN(C(C)(C)C)S(C)(=O)=O)O[C@@H](C)C(C)(C)C. The van der Waals surface area contributed by atoms with Crippen LogP contribution in [-0.2, 0) is 24.3 Å². The van der Waals surface area contributed by atoms with Crippen LogP contribution in [0.3, 0.4) is 0 Å². The van der Waals surface area contributed by atoms with Gasteiger partial charge in [0, 0.05) is 12.1 Å². The Bertz CT molecular complexity index is 593. The van der Waals surface area contributed by atoms with Crippen LogP contribution in [0.4, 0.5) is 0 Å². The van der Waals surface area contributed by atoms with Crippen molar-refractivity contribution in [3.05, 3.63) is 0 Å². The van der Waals surface area contributed by atoms with Gasteiger partial charge in [0.15, 0.2) is 0 Å². The van der Waals surface area contributed by atoms with E-state index in [0.717, 1.165) is 6.42 Å². The van der Waals surface area contributed by atoms with Crippen LogP contribution in [0.15, 0.2) is 0 Å². The van der Waals surface area contributed by atoms with Crippen molar-refractivity contribution in [3.63, 3.8) is 0 Å². The van der Waals surface area contributed by atoms with Gasteiger partial charge in [0.2, 0.25) is 10.0 Å². The van der Waals surface area contributed by atoms with Crippen molar-refractivity contribution in [2.45, 2.75) is 92.5 Å². The van der Waals surface area contributed by atoms with Gasteiger partial charge >= 0.3 is 5.97 Å². The maximum atomic E-state index is 12.3. The van der Waals surface area contributed by atoms with Crippen molar-refractivity contribution in [3.8, 4) is 0 Å². The van der Waals surface area contributed by atoms with Gasteiger partial charge in [0.05, 0.1) is 12.4 Å². The molecule has 0 aliphatic heterocycles. The molecule has 0 saturated heterocycles.